The molecule has 124 valence electrons. The van der Waals surface area contributed by atoms with Crippen LogP contribution in [0.1, 0.15) is 40.5 Å². The Morgan fingerprint density at radius 1 is 0.913 bits per heavy atom. The summed E-state index contributed by atoms with van der Waals surface area (Å²) in [6.07, 6.45) is 1.12. The lowest BCUT2D eigenvalue weighted by atomic mass is 10.0. The number of rotatable bonds is 4. The Morgan fingerprint density at radius 3 is 1.78 bits per heavy atom. The number of hydrogen-bond acceptors (Lipinski definition) is 3. The minimum atomic E-state index is -0.955. The molecule has 1 aromatic rings. The predicted molar refractivity (Wildman–Crippen MR) is 88.9 cm³/mol. The maximum absolute atomic E-state index is 12.4. The van der Waals surface area contributed by atoms with Crippen molar-refractivity contribution >= 4 is 29.1 Å². The maximum atomic E-state index is 12.4. The molecule has 0 aromatic heterocycles. The van der Waals surface area contributed by atoms with Gasteiger partial charge < -0.3 is 16.0 Å². The Morgan fingerprint density at radius 2 is 1.39 bits per heavy atom. The summed E-state index contributed by atoms with van der Waals surface area (Å²) in [4.78, 5) is 35.8. The van der Waals surface area contributed by atoms with Crippen LogP contribution in [0.5, 0.6) is 0 Å². The molecule has 0 unspecified atom stereocenters. The average molecular weight is 317 g/mol. The molecule has 2 rings (SSSR count). The minimum absolute atomic E-state index is 0.155. The Bertz CT molecular complexity index is 625. The van der Waals surface area contributed by atoms with Crippen molar-refractivity contribution < 1.29 is 14.4 Å². The van der Waals surface area contributed by atoms with Crippen molar-refractivity contribution in [2.45, 2.75) is 46.1 Å². The van der Waals surface area contributed by atoms with Crippen LogP contribution in [0, 0.1) is 5.41 Å². The minimum Gasteiger partial charge on any atom is -0.351 e. The summed E-state index contributed by atoms with van der Waals surface area (Å²) in [5, 5.41) is 8.31. The van der Waals surface area contributed by atoms with Gasteiger partial charge in [-0.1, -0.05) is 0 Å². The molecule has 6 nitrogen and oxygen atoms in total. The smallest absolute Gasteiger partial charge is 0.240 e. The highest BCUT2D eigenvalue weighted by Crippen LogP contribution is 2.47. The second-order valence-electron chi connectivity index (χ2n) is 7.00. The summed E-state index contributed by atoms with van der Waals surface area (Å²) in [5.74, 6) is -0.665. The molecule has 1 aromatic carbocycles. The Hall–Kier alpha value is -2.37. The lowest BCUT2D eigenvalue weighted by Crippen LogP contribution is -2.48. The van der Waals surface area contributed by atoms with E-state index in [1.54, 1.807) is 24.3 Å². The van der Waals surface area contributed by atoms with Crippen LogP contribution in [0.4, 0.5) is 11.4 Å². The highest BCUT2D eigenvalue weighted by Gasteiger charge is 2.57. The fraction of sp³-hybridized carbons (Fsp3) is 0.471. The van der Waals surface area contributed by atoms with Gasteiger partial charge in [0.15, 0.2) is 0 Å². The quantitative estimate of drug-likeness (QED) is 0.745. The SMILES string of the molecule is CC(=O)Nc1ccc(NC(=O)C2(C(=O)NC(C)(C)C)CC2)cc1. The van der Waals surface area contributed by atoms with Crippen LogP contribution in [0.3, 0.4) is 0 Å². The molecule has 23 heavy (non-hydrogen) atoms. The van der Waals surface area contributed by atoms with Crippen LogP contribution in [0.25, 0.3) is 0 Å². The van der Waals surface area contributed by atoms with Gasteiger partial charge in [-0.25, -0.2) is 0 Å². The summed E-state index contributed by atoms with van der Waals surface area (Å²) in [5.41, 5.74) is -0.0719. The van der Waals surface area contributed by atoms with E-state index < -0.39 is 5.41 Å². The fourth-order valence-corrected chi connectivity index (χ4v) is 2.23. The number of carbonyl (C=O) groups is 3. The first-order valence-corrected chi connectivity index (χ1v) is 7.64. The summed E-state index contributed by atoms with van der Waals surface area (Å²) < 4.78 is 0. The summed E-state index contributed by atoms with van der Waals surface area (Å²) >= 11 is 0. The van der Waals surface area contributed by atoms with E-state index in [9.17, 15) is 14.4 Å². The summed E-state index contributed by atoms with van der Waals surface area (Å²) in [7, 11) is 0. The van der Waals surface area contributed by atoms with E-state index >= 15 is 0 Å². The first-order valence-electron chi connectivity index (χ1n) is 7.64. The zero-order valence-electron chi connectivity index (χ0n) is 13.9. The van der Waals surface area contributed by atoms with Gasteiger partial charge in [0.2, 0.25) is 17.7 Å². The third kappa shape index (κ3) is 4.31. The van der Waals surface area contributed by atoms with Crippen molar-refractivity contribution in [3.63, 3.8) is 0 Å². The van der Waals surface area contributed by atoms with Gasteiger partial charge in [0.1, 0.15) is 5.41 Å². The standard InChI is InChI=1S/C17H23N3O3/c1-11(21)18-12-5-7-13(8-6-12)19-14(22)17(9-10-17)15(23)20-16(2,3)4/h5-8H,9-10H2,1-4H3,(H,18,21)(H,19,22)(H,20,23). The first kappa shape index (κ1) is 17.0. The van der Waals surface area contributed by atoms with Gasteiger partial charge in [-0.15, -0.1) is 0 Å². The van der Waals surface area contributed by atoms with Crippen molar-refractivity contribution in [3.8, 4) is 0 Å². The van der Waals surface area contributed by atoms with Gasteiger partial charge in [0.25, 0.3) is 0 Å². The van der Waals surface area contributed by atoms with Crippen molar-refractivity contribution in [3.05, 3.63) is 24.3 Å². The zero-order valence-corrected chi connectivity index (χ0v) is 13.9. The number of nitrogens with one attached hydrogen (secondary N) is 3. The molecule has 1 fully saturated rings. The van der Waals surface area contributed by atoms with E-state index in [0.717, 1.165) is 0 Å². The number of carbonyl (C=O) groups excluding carboxylic acids is 3. The van der Waals surface area contributed by atoms with Crippen LogP contribution in [0.15, 0.2) is 24.3 Å². The largest absolute Gasteiger partial charge is 0.351 e. The topological polar surface area (TPSA) is 87.3 Å². The average Bonchev–Trinajstić information content (AvgIpc) is 3.20. The van der Waals surface area contributed by atoms with Crippen LogP contribution >= 0.6 is 0 Å². The highest BCUT2D eigenvalue weighted by molar-refractivity contribution is 6.13. The molecule has 0 radical (unpaired) electrons. The maximum Gasteiger partial charge on any atom is 0.240 e. The molecule has 1 aliphatic carbocycles. The molecule has 1 aliphatic rings. The molecule has 0 spiro atoms. The van der Waals surface area contributed by atoms with Crippen LogP contribution in [-0.2, 0) is 14.4 Å². The van der Waals surface area contributed by atoms with E-state index in [2.05, 4.69) is 16.0 Å². The second-order valence-corrected chi connectivity index (χ2v) is 7.00. The normalized spacial score (nSPS) is 15.5. The zero-order chi connectivity index (χ0) is 17.3. The monoisotopic (exact) mass is 317 g/mol. The van der Waals surface area contributed by atoms with Crippen LogP contribution in [-0.4, -0.2) is 23.3 Å². The third-order valence-electron chi connectivity index (χ3n) is 3.57. The van der Waals surface area contributed by atoms with Crippen molar-refractivity contribution in [1.82, 2.24) is 5.32 Å². The van der Waals surface area contributed by atoms with E-state index in [4.69, 9.17) is 0 Å². The van der Waals surface area contributed by atoms with Crippen molar-refractivity contribution in [2.24, 2.45) is 5.41 Å². The van der Waals surface area contributed by atoms with Gasteiger partial charge in [0.05, 0.1) is 0 Å². The second kappa shape index (κ2) is 6.02. The summed E-state index contributed by atoms with van der Waals surface area (Å²) in [6, 6.07) is 6.79. The van der Waals surface area contributed by atoms with E-state index in [1.807, 2.05) is 20.8 Å². The van der Waals surface area contributed by atoms with Crippen LogP contribution < -0.4 is 16.0 Å². The number of benzene rings is 1. The molecule has 3 amide bonds. The third-order valence-corrected chi connectivity index (χ3v) is 3.57. The van der Waals surface area contributed by atoms with Gasteiger partial charge in [-0.05, 0) is 57.9 Å². The van der Waals surface area contributed by atoms with E-state index in [1.165, 1.54) is 6.92 Å². The van der Waals surface area contributed by atoms with E-state index in [0.29, 0.717) is 24.2 Å². The Labute approximate surface area is 136 Å². The number of amides is 3. The van der Waals surface area contributed by atoms with Gasteiger partial charge >= 0.3 is 0 Å². The van der Waals surface area contributed by atoms with Gasteiger partial charge in [-0.2, -0.15) is 0 Å². The van der Waals surface area contributed by atoms with Crippen molar-refractivity contribution in [2.75, 3.05) is 10.6 Å². The fourth-order valence-electron chi connectivity index (χ4n) is 2.23. The molecular formula is C17H23N3O3. The lowest BCUT2D eigenvalue weighted by molar-refractivity contribution is -0.135. The van der Waals surface area contributed by atoms with E-state index in [-0.39, 0.29) is 23.3 Å². The molecule has 0 heterocycles. The highest BCUT2D eigenvalue weighted by atomic mass is 16.2. The molecular weight excluding hydrogens is 294 g/mol. The Balaban J connectivity index is 2.01. The van der Waals surface area contributed by atoms with Crippen LogP contribution in [0.2, 0.25) is 0 Å². The molecule has 1 saturated carbocycles. The molecule has 6 heteroatoms. The number of hydrogen-bond donors (Lipinski definition) is 3. The molecule has 0 saturated heterocycles. The van der Waals surface area contributed by atoms with Gasteiger partial charge in [-0.3, -0.25) is 14.4 Å². The molecule has 0 atom stereocenters. The molecule has 0 aliphatic heterocycles. The Kier molecular flexibility index (Phi) is 4.45. The number of anilines is 2. The van der Waals surface area contributed by atoms with Gasteiger partial charge in [0, 0.05) is 23.8 Å². The first-order chi connectivity index (χ1) is 10.6. The molecule has 3 N–H and O–H groups in total. The summed E-state index contributed by atoms with van der Waals surface area (Å²) in [6.45, 7) is 7.10. The lowest BCUT2D eigenvalue weighted by Gasteiger charge is -2.24. The predicted octanol–water partition coefficient (Wildman–Crippen LogP) is 2.28. The molecule has 0 bridgehead atoms. The van der Waals surface area contributed by atoms with Crippen molar-refractivity contribution in [1.29, 1.82) is 0 Å².